The molecule has 0 saturated carbocycles. The minimum absolute atomic E-state index is 0.0436. The summed E-state index contributed by atoms with van der Waals surface area (Å²) in [4.78, 5) is 63.7. The van der Waals surface area contributed by atoms with Crippen LogP contribution in [0.25, 0.3) is 22.3 Å². The van der Waals surface area contributed by atoms with E-state index in [-0.39, 0.29) is 17.7 Å². The lowest BCUT2D eigenvalue weighted by Crippen LogP contribution is -2.42. The van der Waals surface area contributed by atoms with E-state index < -0.39 is 6.09 Å². The van der Waals surface area contributed by atoms with Crippen LogP contribution in [0.5, 0.6) is 11.8 Å². The number of hydrogen-bond donors (Lipinski definition) is 2. The summed E-state index contributed by atoms with van der Waals surface area (Å²) in [5, 5.41) is 11.2. The van der Waals surface area contributed by atoms with Crippen molar-refractivity contribution in [3.05, 3.63) is 57.4 Å². The van der Waals surface area contributed by atoms with Crippen LogP contribution < -0.4 is 25.9 Å². The Morgan fingerprint density at radius 1 is 0.976 bits per heavy atom. The van der Waals surface area contributed by atoms with E-state index in [2.05, 4.69) is 30.2 Å². The first-order valence-corrected chi connectivity index (χ1v) is 13.3. The highest BCUT2D eigenvalue weighted by Crippen LogP contribution is 2.17. The third kappa shape index (κ3) is 7.42. The summed E-state index contributed by atoms with van der Waals surface area (Å²) in [7, 11) is 3.01. The maximum absolute atomic E-state index is 12.3. The Balaban J connectivity index is 0.000000216. The van der Waals surface area contributed by atoms with Gasteiger partial charge in [-0.25, -0.2) is 14.8 Å². The van der Waals surface area contributed by atoms with Gasteiger partial charge >= 0.3 is 6.09 Å². The zero-order valence-corrected chi connectivity index (χ0v) is 23.3. The number of carboxylic acid groups (broad SMARTS) is 1. The van der Waals surface area contributed by atoms with Crippen LogP contribution in [0.15, 0.2) is 46.2 Å². The first-order chi connectivity index (χ1) is 20.3. The van der Waals surface area contributed by atoms with Gasteiger partial charge in [0.25, 0.3) is 11.1 Å². The largest absolute Gasteiger partial charge is 0.481 e. The van der Waals surface area contributed by atoms with Crippen LogP contribution in [-0.4, -0.2) is 91.9 Å². The fourth-order valence-corrected chi connectivity index (χ4v) is 4.73. The molecule has 0 unspecified atom stereocenters. The van der Waals surface area contributed by atoms with Gasteiger partial charge < -0.3 is 29.6 Å². The van der Waals surface area contributed by atoms with Crippen LogP contribution in [0.3, 0.4) is 0 Å². The van der Waals surface area contributed by atoms with Crippen molar-refractivity contribution in [1.82, 2.24) is 39.3 Å². The number of fused-ring (bicyclic) bond motifs is 2. The molecule has 1 fully saturated rings. The average molecular weight is 581 g/mol. The molecule has 0 aliphatic carbocycles. The van der Waals surface area contributed by atoms with E-state index in [1.165, 1.54) is 31.2 Å². The molecule has 5 rings (SSSR count). The number of aldehydes is 1. The molecule has 1 aliphatic heterocycles. The molecule has 0 spiro atoms. The van der Waals surface area contributed by atoms with Gasteiger partial charge in [-0.15, -0.1) is 0 Å². The Labute approximate surface area is 239 Å². The fraction of sp³-hybridized carbons (Fsp3) is 0.407. The first kappa shape index (κ1) is 30.0. The molecule has 1 amide bonds. The minimum Gasteiger partial charge on any atom is -0.481 e. The number of carbonyl (C=O) groups is 2. The number of likely N-dealkylation sites (tertiary alicyclic amines) is 1. The van der Waals surface area contributed by atoms with Gasteiger partial charge in [-0.05, 0) is 37.4 Å². The summed E-state index contributed by atoms with van der Waals surface area (Å²) >= 11 is 0. The van der Waals surface area contributed by atoms with Crippen LogP contribution in [0, 0.1) is 5.92 Å². The van der Waals surface area contributed by atoms with Crippen molar-refractivity contribution in [3.63, 3.8) is 0 Å². The molecule has 0 bridgehead atoms. The number of ether oxygens (including phenoxy) is 2. The van der Waals surface area contributed by atoms with E-state index >= 15 is 0 Å². The Kier molecular flexibility index (Phi) is 10.1. The lowest BCUT2D eigenvalue weighted by Gasteiger charge is -2.32. The fourth-order valence-electron chi connectivity index (χ4n) is 4.73. The van der Waals surface area contributed by atoms with E-state index in [0.29, 0.717) is 65.9 Å². The highest BCUT2D eigenvalue weighted by Gasteiger charge is 2.20. The van der Waals surface area contributed by atoms with E-state index in [1.54, 1.807) is 28.8 Å². The van der Waals surface area contributed by atoms with Crippen molar-refractivity contribution < 1.29 is 24.2 Å². The Morgan fingerprint density at radius 2 is 1.57 bits per heavy atom. The zero-order chi connectivity index (χ0) is 30.1. The lowest BCUT2D eigenvalue weighted by molar-refractivity contribution is -0.108. The summed E-state index contributed by atoms with van der Waals surface area (Å²) < 4.78 is 13.0. The molecule has 1 atom stereocenters. The molecule has 222 valence electrons. The van der Waals surface area contributed by atoms with Gasteiger partial charge in [0.15, 0.2) is 11.3 Å². The zero-order valence-electron chi connectivity index (χ0n) is 23.3. The van der Waals surface area contributed by atoms with Crippen molar-refractivity contribution in [2.24, 2.45) is 5.92 Å². The molecule has 0 aromatic carbocycles. The van der Waals surface area contributed by atoms with Crippen molar-refractivity contribution >= 4 is 34.7 Å². The third-order valence-corrected chi connectivity index (χ3v) is 6.79. The van der Waals surface area contributed by atoms with Crippen molar-refractivity contribution in [2.75, 3.05) is 40.4 Å². The molecule has 15 nitrogen and oxygen atoms in total. The predicted octanol–water partition coefficient (Wildman–Crippen LogP) is 0.779. The minimum atomic E-state index is -0.989. The van der Waals surface area contributed by atoms with E-state index in [1.807, 2.05) is 0 Å². The number of amides is 1. The summed E-state index contributed by atoms with van der Waals surface area (Å²) in [6, 6.07) is 6.83. The molecule has 4 aromatic rings. The van der Waals surface area contributed by atoms with Gasteiger partial charge in [0.1, 0.15) is 17.3 Å². The van der Waals surface area contributed by atoms with Crippen molar-refractivity contribution in [3.8, 4) is 11.8 Å². The number of nitrogens with zero attached hydrogens (tertiary/aromatic N) is 7. The number of hydrogen-bond acceptors (Lipinski definition) is 11. The summed E-state index contributed by atoms with van der Waals surface area (Å²) in [6.45, 7) is 3.37. The maximum atomic E-state index is 12.3. The standard InChI is InChI=1S/C17H23N5O4.C10H9N3O3/c1-26-14-5-4-13-16(20-14)22(15(23)10-18-13)8-7-21-6-2-3-12(11-21)9-19-17(24)25;1-16-8-3-2-7-10(12-8)13(4-5-14)9(15)6-11-7/h4-5,10,12,19H,2-3,6-9,11H2,1H3,(H,24,25);2-3,5-6H,4H2,1H3/t12-;/m0./s1. The number of nitrogens with one attached hydrogen (secondary N) is 1. The molecule has 15 heteroatoms. The number of piperidine rings is 1. The lowest BCUT2D eigenvalue weighted by atomic mass is 9.98. The van der Waals surface area contributed by atoms with Gasteiger partial charge in [0.2, 0.25) is 11.8 Å². The van der Waals surface area contributed by atoms with Gasteiger partial charge in [-0.3, -0.25) is 18.7 Å². The van der Waals surface area contributed by atoms with E-state index in [4.69, 9.17) is 14.6 Å². The number of carbonyl (C=O) groups excluding carboxylic acids is 1. The highest BCUT2D eigenvalue weighted by atomic mass is 16.5. The second kappa shape index (κ2) is 14.1. The molecule has 2 N–H and O–H groups in total. The third-order valence-electron chi connectivity index (χ3n) is 6.79. The average Bonchev–Trinajstić information content (AvgIpc) is 3.01. The molecular formula is C27H32N8O7. The second-order valence-corrected chi connectivity index (χ2v) is 9.51. The SMILES string of the molecule is COc1ccc2ncc(=O)n(CC=O)c2n1.COc1ccc2ncc(=O)n(CCN3CCC[C@@H](CNC(=O)O)C3)c2n1. The summed E-state index contributed by atoms with van der Waals surface area (Å²) in [6.07, 6.45) is 4.16. The van der Waals surface area contributed by atoms with Gasteiger partial charge in [-0.1, -0.05) is 0 Å². The number of pyridine rings is 2. The van der Waals surface area contributed by atoms with Crippen LogP contribution in [-0.2, 0) is 17.9 Å². The van der Waals surface area contributed by atoms with Crippen LogP contribution in [0.1, 0.15) is 12.8 Å². The second-order valence-electron chi connectivity index (χ2n) is 9.51. The Morgan fingerprint density at radius 3 is 2.14 bits per heavy atom. The molecule has 5 heterocycles. The van der Waals surface area contributed by atoms with Crippen molar-refractivity contribution in [2.45, 2.75) is 25.9 Å². The molecular weight excluding hydrogens is 548 g/mol. The summed E-state index contributed by atoms with van der Waals surface area (Å²) in [5.41, 5.74) is 1.49. The maximum Gasteiger partial charge on any atom is 0.404 e. The molecule has 42 heavy (non-hydrogen) atoms. The predicted molar refractivity (Wildman–Crippen MR) is 152 cm³/mol. The first-order valence-electron chi connectivity index (χ1n) is 13.3. The topological polar surface area (TPSA) is 184 Å². The van der Waals surface area contributed by atoms with Crippen LogP contribution in [0.2, 0.25) is 0 Å². The smallest absolute Gasteiger partial charge is 0.404 e. The Bertz CT molecular complexity index is 1670. The summed E-state index contributed by atoms with van der Waals surface area (Å²) in [5.74, 6) is 1.11. The van der Waals surface area contributed by atoms with E-state index in [0.717, 1.165) is 25.9 Å². The molecule has 1 aliphatic rings. The monoisotopic (exact) mass is 580 g/mol. The molecule has 0 radical (unpaired) electrons. The molecule has 1 saturated heterocycles. The molecule has 4 aromatic heterocycles. The number of aromatic nitrogens is 6. The number of rotatable bonds is 9. The van der Waals surface area contributed by atoms with Gasteiger partial charge in [0, 0.05) is 38.3 Å². The highest BCUT2D eigenvalue weighted by molar-refractivity contribution is 5.72. The van der Waals surface area contributed by atoms with Crippen molar-refractivity contribution in [1.29, 1.82) is 0 Å². The van der Waals surface area contributed by atoms with Crippen LogP contribution in [0.4, 0.5) is 4.79 Å². The Hall–Kier alpha value is -4.92. The van der Waals surface area contributed by atoms with Gasteiger partial charge in [-0.2, -0.15) is 9.97 Å². The normalized spacial score (nSPS) is 15.0. The van der Waals surface area contributed by atoms with E-state index in [9.17, 15) is 19.2 Å². The van der Waals surface area contributed by atoms with Gasteiger partial charge in [0.05, 0.1) is 33.2 Å². The number of methoxy groups -OCH3 is 2. The quantitative estimate of drug-likeness (QED) is 0.266. The van der Waals surface area contributed by atoms with Crippen LogP contribution >= 0.6 is 0 Å².